The lowest BCUT2D eigenvalue weighted by Gasteiger charge is -2.34. The van der Waals surface area contributed by atoms with Gasteiger partial charge in [0.05, 0.1) is 6.54 Å². The summed E-state index contributed by atoms with van der Waals surface area (Å²) < 4.78 is 0. The number of rotatable bonds is 5. The molecular formula is C25H28ClN3O2. The van der Waals surface area contributed by atoms with Gasteiger partial charge in [0.2, 0.25) is 5.91 Å². The number of carbonyl (C=O) groups excluding carboxylic acids is 1. The van der Waals surface area contributed by atoms with Crippen LogP contribution in [0.3, 0.4) is 0 Å². The van der Waals surface area contributed by atoms with Crippen LogP contribution in [0, 0.1) is 13.8 Å². The number of benzene rings is 3. The number of aryl methyl sites for hydroxylation is 2. The van der Waals surface area contributed by atoms with Crippen molar-refractivity contribution in [2.45, 2.75) is 20.4 Å². The van der Waals surface area contributed by atoms with E-state index in [9.17, 15) is 9.90 Å². The van der Waals surface area contributed by atoms with Crippen LogP contribution in [0.15, 0.2) is 48.5 Å². The topological polar surface area (TPSA) is 55.8 Å². The molecule has 162 valence electrons. The number of amides is 1. The summed E-state index contributed by atoms with van der Waals surface area (Å²) in [6, 6.07) is 15.5. The zero-order valence-electron chi connectivity index (χ0n) is 18.0. The number of nitrogens with zero attached hydrogens (tertiary/aromatic N) is 2. The number of hydrogen-bond donors (Lipinski definition) is 2. The Balaban J connectivity index is 1.34. The van der Waals surface area contributed by atoms with Crippen LogP contribution in [0.5, 0.6) is 5.75 Å². The van der Waals surface area contributed by atoms with Crippen LogP contribution in [-0.2, 0) is 11.3 Å². The lowest BCUT2D eigenvalue weighted by Crippen LogP contribution is -2.48. The smallest absolute Gasteiger partial charge is 0.238 e. The number of phenolic OH excluding ortho intramolecular Hbond substituents is 1. The van der Waals surface area contributed by atoms with Gasteiger partial charge < -0.3 is 10.4 Å². The van der Waals surface area contributed by atoms with Gasteiger partial charge in [-0.1, -0.05) is 54.1 Å². The number of fused-ring (bicyclic) bond motifs is 1. The van der Waals surface area contributed by atoms with E-state index in [-0.39, 0.29) is 5.91 Å². The fraction of sp³-hybridized carbons (Fsp3) is 0.320. The first kappa shape index (κ1) is 21.6. The molecule has 2 N–H and O–H groups in total. The van der Waals surface area contributed by atoms with E-state index in [0.29, 0.717) is 23.9 Å². The van der Waals surface area contributed by atoms with Crippen molar-refractivity contribution in [3.05, 3.63) is 70.2 Å². The molecule has 1 heterocycles. The van der Waals surface area contributed by atoms with E-state index in [1.807, 2.05) is 62.4 Å². The normalized spacial score (nSPS) is 15.3. The van der Waals surface area contributed by atoms with Gasteiger partial charge in [0, 0.05) is 59.8 Å². The van der Waals surface area contributed by atoms with Crippen molar-refractivity contribution in [1.29, 1.82) is 0 Å². The molecule has 0 spiro atoms. The van der Waals surface area contributed by atoms with Crippen LogP contribution in [0.25, 0.3) is 10.8 Å². The fourth-order valence-corrected chi connectivity index (χ4v) is 4.53. The highest BCUT2D eigenvalue weighted by molar-refractivity contribution is 6.35. The largest absolute Gasteiger partial charge is 0.507 e. The number of anilines is 1. The molecule has 0 radical (unpaired) electrons. The van der Waals surface area contributed by atoms with Gasteiger partial charge >= 0.3 is 0 Å². The summed E-state index contributed by atoms with van der Waals surface area (Å²) in [5.41, 5.74) is 3.90. The third-order valence-corrected chi connectivity index (χ3v) is 6.33. The molecule has 0 unspecified atom stereocenters. The SMILES string of the molecule is Cc1cccc(C)c1NC(=O)CN1CCN(Cc2cc(Cl)c3ccccc3c2O)CC1. The highest BCUT2D eigenvalue weighted by Crippen LogP contribution is 2.35. The van der Waals surface area contributed by atoms with E-state index < -0.39 is 0 Å². The average Bonchev–Trinajstić information content (AvgIpc) is 2.76. The van der Waals surface area contributed by atoms with Gasteiger partial charge in [-0.05, 0) is 31.0 Å². The van der Waals surface area contributed by atoms with Crippen LogP contribution < -0.4 is 5.32 Å². The summed E-state index contributed by atoms with van der Waals surface area (Å²) in [5.74, 6) is 0.320. The Bertz CT molecular complexity index is 1090. The van der Waals surface area contributed by atoms with Crippen molar-refractivity contribution in [2.24, 2.45) is 0 Å². The predicted octanol–water partition coefficient (Wildman–Crippen LogP) is 4.57. The molecule has 0 aliphatic carbocycles. The minimum atomic E-state index is 0.0183. The molecule has 0 bridgehead atoms. The van der Waals surface area contributed by atoms with Gasteiger partial charge in [0.15, 0.2) is 0 Å². The van der Waals surface area contributed by atoms with Crippen LogP contribution in [0.1, 0.15) is 16.7 Å². The maximum absolute atomic E-state index is 12.6. The molecule has 1 fully saturated rings. The number of nitrogens with one attached hydrogen (secondary N) is 1. The fourth-order valence-electron chi connectivity index (χ4n) is 4.23. The van der Waals surface area contributed by atoms with E-state index in [2.05, 4.69) is 15.1 Å². The van der Waals surface area contributed by atoms with Gasteiger partial charge in [-0.15, -0.1) is 0 Å². The Hall–Kier alpha value is -2.60. The van der Waals surface area contributed by atoms with E-state index >= 15 is 0 Å². The summed E-state index contributed by atoms with van der Waals surface area (Å²) in [5, 5.41) is 16.1. The molecule has 3 aromatic carbocycles. The Kier molecular flexibility index (Phi) is 6.46. The third-order valence-electron chi connectivity index (χ3n) is 6.02. The average molecular weight is 438 g/mol. The molecule has 5 nitrogen and oxygen atoms in total. The predicted molar refractivity (Wildman–Crippen MR) is 127 cm³/mol. The van der Waals surface area contributed by atoms with Gasteiger partial charge in [-0.2, -0.15) is 0 Å². The zero-order chi connectivity index (χ0) is 22.0. The summed E-state index contributed by atoms with van der Waals surface area (Å²) in [6.07, 6.45) is 0. The first-order valence-electron chi connectivity index (χ1n) is 10.6. The van der Waals surface area contributed by atoms with E-state index in [0.717, 1.165) is 59.3 Å². The molecule has 1 saturated heterocycles. The number of para-hydroxylation sites is 1. The first-order chi connectivity index (χ1) is 14.9. The number of aromatic hydroxyl groups is 1. The summed E-state index contributed by atoms with van der Waals surface area (Å²) in [7, 11) is 0. The minimum Gasteiger partial charge on any atom is -0.507 e. The van der Waals surface area contributed by atoms with E-state index in [1.165, 1.54) is 0 Å². The quantitative estimate of drug-likeness (QED) is 0.613. The number of hydrogen-bond acceptors (Lipinski definition) is 4. The van der Waals surface area contributed by atoms with Gasteiger partial charge in [0.25, 0.3) is 0 Å². The molecule has 6 heteroatoms. The maximum atomic E-state index is 12.6. The van der Waals surface area contributed by atoms with Crippen molar-refractivity contribution < 1.29 is 9.90 Å². The van der Waals surface area contributed by atoms with Gasteiger partial charge in [0.1, 0.15) is 5.75 Å². The van der Waals surface area contributed by atoms with Crippen LogP contribution in [0.2, 0.25) is 5.02 Å². The lowest BCUT2D eigenvalue weighted by atomic mass is 10.0. The van der Waals surface area contributed by atoms with Crippen molar-refractivity contribution in [1.82, 2.24) is 9.80 Å². The molecule has 0 aromatic heterocycles. The van der Waals surface area contributed by atoms with Crippen LogP contribution in [0.4, 0.5) is 5.69 Å². The molecule has 0 saturated carbocycles. The standard InChI is InChI=1S/C25H28ClN3O2/c1-17-6-5-7-18(2)24(17)27-23(30)16-29-12-10-28(11-13-29)15-19-14-22(26)20-8-3-4-9-21(20)25(19)31/h3-9,14,31H,10-13,15-16H2,1-2H3,(H,27,30). The Morgan fingerprint density at radius 3 is 2.26 bits per heavy atom. The van der Waals surface area contributed by atoms with Crippen molar-refractivity contribution in [3.63, 3.8) is 0 Å². The van der Waals surface area contributed by atoms with Crippen LogP contribution in [-0.4, -0.2) is 53.5 Å². The first-order valence-corrected chi connectivity index (χ1v) is 11.0. The highest BCUT2D eigenvalue weighted by Gasteiger charge is 2.21. The van der Waals surface area contributed by atoms with Crippen molar-refractivity contribution >= 4 is 34.0 Å². The monoisotopic (exact) mass is 437 g/mol. The number of halogens is 1. The molecule has 3 aromatic rings. The van der Waals surface area contributed by atoms with Gasteiger partial charge in [-0.3, -0.25) is 14.6 Å². The maximum Gasteiger partial charge on any atom is 0.238 e. The Morgan fingerprint density at radius 1 is 0.968 bits per heavy atom. The summed E-state index contributed by atoms with van der Waals surface area (Å²) in [4.78, 5) is 17.0. The van der Waals surface area contributed by atoms with Crippen LogP contribution >= 0.6 is 11.6 Å². The number of piperazine rings is 1. The summed E-state index contributed by atoms with van der Waals surface area (Å²) >= 11 is 6.44. The second kappa shape index (κ2) is 9.27. The van der Waals surface area contributed by atoms with E-state index in [1.54, 1.807) is 0 Å². The number of carbonyl (C=O) groups is 1. The number of phenols is 1. The lowest BCUT2D eigenvalue weighted by molar-refractivity contribution is -0.117. The molecule has 1 aliphatic heterocycles. The second-order valence-electron chi connectivity index (χ2n) is 8.28. The molecule has 4 rings (SSSR count). The Morgan fingerprint density at radius 2 is 1.58 bits per heavy atom. The van der Waals surface area contributed by atoms with E-state index in [4.69, 9.17) is 11.6 Å². The minimum absolute atomic E-state index is 0.0183. The second-order valence-corrected chi connectivity index (χ2v) is 8.69. The molecule has 31 heavy (non-hydrogen) atoms. The molecule has 0 atom stereocenters. The highest BCUT2D eigenvalue weighted by atomic mass is 35.5. The zero-order valence-corrected chi connectivity index (χ0v) is 18.7. The molecule has 1 aliphatic rings. The van der Waals surface area contributed by atoms with Crippen molar-refractivity contribution in [2.75, 3.05) is 38.0 Å². The van der Waals surface area contributed by atoms with Gasteiger partial charge in [-0.25, -0.2) is 0 Å². The molecular weight excluding hydrogens is 410 g/mol. The Labute approximate surface area is 188 Å². The summed E-state index contributed by atoms with van der Waals surface area (Å²) in [6.45, 7) is 8.32. The van der Waals surface area contributed by atoms with Crippen molar-refractivity contribution in [3.8, 4) is 5.75 Å². The molecule has 1 amide bonds. The third kappa shape index (κ3) is 4.85.